The first-order chi connectivity index (χ1) is 27.6. The van der Waals surface area contributed by atoms with Gasteiger partial charge in [0, 0.05) is 34.8 Å². The van der Waals surface area contributed by atoms with E-state index in [2.05, 4.69) is 181 Å². The standard InChI is InChI=1S/C23H17N.C13H14.C7H11N3.C7H13N.CH3N/c1-3-8-17(9-4-1)18-14-15-23-21(16-18)20-12-7-13-22(20)24(23)19-10-5-2-6-11-19;1-10(2)12-9-5-7-11-6-3-4-8-13(11)12;1-7(8,10-9)6-4-2-3-5-6;1-4-5-6-7-8(2)3;1-2/h1-3,5-6,8,10-16H,4,9H2;3-10H,1-2H3;2-4,10H,8-9H2,1H3;4-6H,1,7H2,2-3H3;2H,1H2/b;;;6-5-;. The molecule has 0 spiro atoms. The predicted octanol–water partition coefficient (Wildman–Crippen LogP) is 11.3. The molecule has 5 aromatic rings. The van der Waals surface area contributed by atoms with Crippen LogP contribution in [0.5, 0.6) is 0 Å². The Balaban J connectivity index is 0.000000185. The van der Waals surface area contributed by atoms with Crippen LogP contribution in [0.4, 0.5) is 0 Å². The number of nitrogens with two attached hydrogens (primary N) is 2. The van der Waals surface area contributed by atoms with Gasteiger partial charge in [0.25, 0.3) is 0 Å². The van der Waals surface area contributed by atoms with Crippen LogP contribution in [0.3, 0.4) is 0 Å². The Morgan fingerprint density at radius 3 is 2.33 bits per heavy atom. The van der Waals surface area contributed by atoms with Crippen molar-refractivity contribution in [3.63, 3.8) is 0 Å². The first-order valence-corrected chi connectivity index (χ1v) is 19.3. The quantitative estimate of drug-likeness (QED) is 0.0311. The molecule has 0 aliphatic heterocycles. The molecule has 1 heterocycles. The number of allylic oxidation sites excluding steroid dienone is 7. The second-order valence-corrected chi connectivity index (χ2v) is 14.4. The molecule has 0 saturated carbocycles. The van der Waals surface area contributed by atoms with Crippen LogP contribution in [-0.4, -0.2) is 42.5 Å². The summed E-state index contributed by atoms with van der Waals surface area (Å²) in [6.45, 7) is 13.3. The molecule has 3 aliphatic rings. The maximum absolute atomic E-state index is 5.71. The summed E-state index contributed by atoms with van der Waals surface area (Å²) < 4.78 is 2.33. The monoisotopic (exact) mass is 754 g/mol. The summed E-state index contributed by atoms with van der Waals surface area (Å²) in [7, 11) is 4.07. The third-order valence-corrected chi connectivity index (χ3v) is 9.54. The normalized spacial score (nSPS) is 14.1. The van der Waals surface area contributed by atoms with E-state index in [9.17, 15) is 0 Å². The van der Waals surface area contributed by atoms with Crippen LogP contribution in [0, 0.1) is 5.41 Å². The molecule has 0 radical (unpaired) electrons. The lowest BCUT2D eigenvalue weighted by atomic mass is 9.96. The maximum atomic E-state index is 5.71. The number of para-hydroxylation sites is 1. The molecule has 1 atom stereocenters. The van der Waals surface area contributed by atoms with Gasteiger partial charge in [-0.2, -0.15) is 0 Å². The molecule has 4 aromatic carbocycles. The number of hydrogen-bond donors (Lipinski definition) is 4. The van der Waals surface area contributed by atoms with E-state index < -0.39 is 5.66 Å². The fraction of sp³-hybridized carbons (Fsp3) is 0.196. The van der Waals surface area contributed by atoms with Crippen molar-refractivity contribution in [2.45, 2.75) is 45.2 Å². The van der Waals surface area contributed by atoms with Crippen molar-refractivity contribution >= 4 is 46.1 Å². The number of fused-ring (bicyclic) bond motifs is 4. The van der Waals surface area contributed by atoms with Crippen molar-refractivity contribution in [3.8, 4) is 5.69 Å². The summed E-state index contributed by atoms with van der Waals surface area (Å²) in [5.74, 6) is 5.81. The molecular formula is C51H58N6. The van der Waals surface area contributed by atoms with Gasteiger partial charge in [-0.05, 0) is 116 Å². The van der Waals surface area contributed by atoms with Crippen LogP contribution in [0.15, 0.2) is 169 Å². The Labute approximate surface area is 340 Å². The summed E-state index contributed by atoms with van der Waals surface area (Å²) in [5, 5.41) is 9.54. The summed E-state index contributed by atoms with van der Waals surface area (Å²) in [6, 6.07) is 32.5. The molecule has 0 amide bonds. The third kappa shape index (κ3) is 11.7. The number of rotatable bonds is 8. The highest BCUT2D eigenvalue weighted by molar-refractivity contribution is 5.99. The Kier molecular flexibility index (Phi) is 16.8. The lowest BCUT2D eigenvalue weighted by Gasteiger charge is -2.22. The summed E-state index contributed by atoms with van der Waals surface area (Å²) in [6.07, 6.45) is 24.4. The molecular weight excluding hydrogens is 697 g/mol. The van der Waals surface area contributed by atoms with Gasteiger partial charge in [-0.15, -0.1) is 11.5 Å². The van der Waals surface area contributed by atoms with Gasteiger partial charge in [-0.25, -0.2) is 5.43 Å². The van der Waals surface area contributed by atoms with Crippen LogP contribution in [0.2, 0.25) is 0 Å². The van der Waals surface area contributed by atoms with E-state index in [0.29, 0.717) is 5.92 Å². The van der Waals surface area contributed by atoms with Crippen LogP contribution in [-0.2, 0) is 0 Å². The van der Waals surface area contributed by atoms with Crippen molar-refractivity contribution in [1.29, 1.82) is 5.41 Å². The van der Waals surface area contributed by atoms with Gasteiger partial charge < -0.3 is 20.6 Å². The molecule has 0 fully saturated rings. The van der Waals surface area contributed by atoms with Crippen LogP contribution in [0.1, 0.15) is 61.9 Å². The molecule has 3 aliphatic carbocycles. The average Bonchev–Trinajstić information content (AvgIpc) is 4.03. The summed E-state index contributed by atoms with van der Waals surface area (Å²) in [5.41, 5.74) is 23.8. The number of nitrogens with one attached hydrogen (secondary N) is 2. The van der Waals surface area contributed by atoms with Gasteiger partial charge in [0.05, 0.1) is 11.2 Å². The minimum Gasteiger partial charge on any atom is -0.317 e. The van der Waals surface area contributed by atoms with Gasteiger partial charge in [0.2, 0.25) is 0 Å². The molecule has 1 aromatic heterocycles. The number of hydrazine groups is 1. The van der Waals surface area contributed by atoms with Gasteiger partial charge in [-0.1, -0.05) is 130 Å². The molecule has 6 nitrogen and oxygen atoms in total. The number of aromatic nitrogens is 1. The zero-order valence-corrected chi connectivity index (χ0v) is 34.2. The lowest BCUT2D eigenvalue weighted by Crippen LogP contribution is -2.55. The Hall–Kier alpha value is -6.07. The van der Waals surface area contributed by atoms with Gasteiger partial charge >= 0.3 is 0 Å². The zero-order valence-electron chi connectivity index (χ0n) is 34.2. The fourth-order valence-electron chi connectivity index (χ4n) is 6.58. The van der Waals surface area contributed by atoms with Crippen molar-refractivity contribution < 1.29 is 0 Å². The van der Waals surface area contributed by atoms with E-state index in [-0.39, 0.29) is 0 Å². The lowest BCUT2D eigenvalue weighted by molar-refractivity contribution is 0.450. The summed E-state index contributed by atoms with van der Waals surface area (Å²) in [4.78, 5) is 2.10. The van der Waals surface area contributed by atoms with Gasteiger partial charge in [0.15, 0.2) is 0 Å². The number of hydrogen-bond acceptors (Lipinski definition) is 5. The van der Waals surface area contributed by atoms with E-state index in [1.807, 2.05) is 32.3 Å². The molecule has 6 N–H and O–H groups in total. The molecule has 292 valence electrons. The molecule has 1 unspecified atom stereocenters. The van der Waals surface area contributed by atoms with E-state index in [1.54, 1.807) is 19.1 Å². The maximum Gasteiger partial charge on any atom is 0.109 e. The largest absolute Gasteiger partial charge is 0.317 e. The smallest absolute Gasteiger partial charge is 0.109 e. The highest BCUT2D eigenvalue weighted by atomic mass is 15.3. The van der Waals surface area contributed by atoms with E-state index in [4.69, 9.17) is 17.0 Å². The molecule has 0 bridgehead atoms. The van der Waals surface area contributed by atoms with Crippen molar-refractivity contribution in [2.24, 2.45) is 11.6 Å². The van der Waals surface area contributed by atoms with Crippen LogP contribution >= 0.6 is 0 Å². The molecule has 0 saturated heterocycles. The van der Waals surface area contributed by atoms with Crippen LogP contribution < -0.4 is 17.0 Å². The van der Waals surface area contributed by atoms with Crippen LogP contribution in [0.25, 0.3) is 45.1 Å². The Morgan fingerprint density at radius 1 is 0.947 bits per heavy atom. The minimum atomic E-state index is -0.663. The van der Waals surface area contributed by atoms with E-state index >= 15 is 0 Å². The van der Waals surface area contributed by atoms with Crippen molar-refractivity contribution in [1.82, 2.24) is 14.9 Å². The Morgan fingerprint density at radius 2 is 1.68 bits per heavy atom. The SMILES string of the molecule is C1=Cc2c(n(-c3ccccc3)c3ccc(C4=CC=CCC4)cc23)C=1.C=C/C=C\CN(C)C.C=N.CC(C)c1cccc2ccccc12.CC(N)(NN)C1=C=CC=C1. The number of nitrogens with zero attached hydrogens (tertiary/aromatic N) is 2. The highest BCUT2D eigenvalue weighted by Crippen LogP contribution is 2.36. The topological polar surface area (TPSA) is 96.1 Å². The fourth-order valence-corrected chi connectivity index (χ4v) is 6.58. The first kappa shape index (κ1) is 43.7. The zero-order chi connectivity index (χ0) is 41.2. The second-order valence-electron chi connectivity index (χ2n) is 14.4. The third-order valence-electron chi connectivity index (χ3n) is 9.54. The van der Waals surface area contributed by atoms with Gasteiger partial charge in [-0.3, -0.25) is 5.84 Å². The predicted molar refractivity (Wildman–Crippen MR) is 248 cm³/mol. The number of benzene rings is 4. The second kappa shape index (κ2) is 21.9. The molecule has 8 rings (SSSR count). The van der Waals surface area contributed by atoms with E-state index in [1.165, 1.54) is 55.3 Å². The Bertz CT molecular complexity index is 2360. The average molecular weight is 755 g/mol. The first-order valence-electron chi connectivity index (χ1n) is 19.3. The van der Waals surface area contributed by atoms with Crippen molar-refractivity contribution in [3.05, 3.63) is 192 Å². The number of likely N-dealkylation sites (N-methyl/N-ethyl adjacent to an activating group) is 1. The van der Waals surface area contributed by atoms with E-state index in [0.717, 1.165) is 25.0 Å². The van der Waals surface area contributed by atoms with Crippen molar-refractivity contribution in [2.75, 3.05) is 20.6 Å². The van der Waals surface area contributed by atoms with Gasteiger partial charge in [0.1, 0.15) is 5.66 Å². The molecule has 57 heavy (non-hydrogen) atoms. The minimum absolute atomic E-state index is 0.603. The highest BCUT2D eigenvalue weighted by Gasteiger charge is 2.20. The molecule has 6 heteroatoms. The summed E-state index contributed by atoms with van der Waals surface area (Å²) >= 11 is 0.